The van der Waals surface area contributed by atoms with Gasteiger partial charge in [-0.3, -0.25) is 9.80 Å². The van der Waals surface area contributed by atoms with E-state index in [1.807, 2.05) is 12.1 Å². The average Bonchev–Trinajstić information content (AvgIpc) is 2.47. The van der Waals surface area contributed by atoms with Crippen LogP contribution in [0.5, 0.6) is 0 Å². The number of piperazine rings is 1. The third kappa shape index (κ3) is 4.02. The monoisotopic (exact) mass is 293 g/mol. The highest BCUT2D eigenvalue weighted by Gasteiger charge is 2.30. The Bertz CT molecular complexity index is 455. The van der Waals surface area contributed by atoms with Crippen LogP contribution in [0.1, 0.15) is 32.4 Å². The summed E-state index contributed by atoms with van der Waals surface area (Å²) in [6, 6.07) is 7.16. The van der Waals surface area contributed by atoms with Crippen molar-refractivity contribution < 1.29 is 4.39 Å². The summed E-state index contributed by atoms with van der Waals surface area (Å²) in [6.07, 6.45) is 0. The zero-order chi connectivity index (χ0) is 15.5. The number of hydrogen-bond acceptors (Lipinski definition) is 3. The Morgan fingerprint density at radius 3 is 2.52 bits per heavy atom. The van der Waals surface area contributed by atoms with Crippen LogP contribution in [0.15, 0.2) is 24.3 Å². The minimum Gasteiger partial charge on any atom is -0.314 e. The molecule has 21 heavy (non-hydrogen) atoms. The summed E-state index contributed by atoms with van der Waals surface area (Å²) >= 11 is 0. The van der Waals surface area contributed by atoms with Crippen molar-refractivity contribution in [1.29, 1.82) is 0 Å². The molecule has 1 aromatic rings. The van der Waals surface area contributed by atoms with E-state index in [1.165, 1.54) is 0 Å². The Kier molecular flexibility index (Phi) is 5.36. The summed E-state index contributed by atoms with van der Waals surface area (Å²) in [6.45, 7) is 11.8. The first-order valence-corrected chi connectivity index (χ1v) is 7.82. The maximum Gasteiger partial charge on any atom is 0.127 e. The highest BCUT2D eigenvalue weighted by molar-refractivity contribution is 5.20. The van der Waals surface area contributed by atoms with Gasteiger partial charge in [0.15, 0.2) is 0 Å². The zero-order valence-corrected chi connectivity index (χ0v) is 13.7. The van der Waals surface area contributed by atoms with Crippen LogP contribution >= 0.6 is 0 Å². The van der Waals surface area contributed by atoms with Crippen LogP contribution < -0.4 is 5.32 Å². The summed E-state index contributed by atoms with van der Waals surface area (Å²) < 4.78 is 13.9. The lowest BCUT2D eigenvalue weighted by molar-refractivity contribution is 0.0597. The average molecular weight is 293 g/mol. The molecule has 0 radical (unpaired) electrons. The first kappa shape index (κ1) is 16.4. The fourth-order valence-corrected chi connectivity index (χ4v) is 3.17. The highest BCUT2D eigenvalue weighted by Crippen LogP contribution is 2.25. The second-order valence-corrected chi connectivity index (χ2v) is 6.66. The van der Waals surface area contributed by atoms with Gasteiger partial charge < -0.3 is 5.32 Å². The molecule has 4 heteroatoms. The molecule has 1 aliphatic rings. The van der Waals surface area contributed by atoms with Gasteiger partial charge in [0.2, 0.25) is 0 Å². The van der Waals surface area contributed by atoms with Crippen LogP contribution in [0.2, 0.25) is 0 Å². The smallest absolute Gasteiger partial charge is 0.127 e. The van der Waals surface area contributed by atoms with Crippen LogP contribution in [-0.2, 0) is 0 Å². The van der Waals surface area contributed by atoms with Crippen molar-refractivity contribution >= 4 is 0 Å². The minimum absolute atomic E-state index is 0.0772. The second kappa shape index (κ2) is 6.86. The van der Waals surface area contributed by atoms with E-state index in [1.54, 1.807) is 12.1 Å². The van der Waals surface area contributed by atoms with Crippen molar-refractivity contribution in [3.05, 3.63) is 35.6 Å². The summed E-state index contributed by atoms with van der Waals surface area (Å²) in [7, 11) is 2.08. The topological polar surface area (TPSA) is 18.5 Å². The first-order valence-electron chi connectivity index (χ1n) is 7.82. The van der Waals surface area contributed by atoms with Crippen LogP contribution in [0.25, 0.3) is 0 Å². The minimum atomic E-state index is -0.114. The molecule has 3 nitrogen and oxygen atoms in total. The molecule has 1 heterocycles. The van der Waals surface area contributed by atoms with E-state index in [0.29, 0.717) is 0 Å². The Labute approximate surface area is 128 Å². The molecule has 118 valence electrons. The molecule has 1 aliphatic heterocycles. The van der Waals surface area contributed by atoms with Crippen molar-refractivity contribution in [1.82, 2.24) is 15.1 Å². The number of likely N-dealkylation sites (N-methyl/N-ethyl adjacent to an activating group) is 1. The van der Waals surface area contributed by atoms with Crippen molar-refractivity contribution in [3.63, 3.8) is 0 Å². The summed E-state index contributed by atoms with van der Waals surface area (Å²) in [5, 5.41) is 3.39. The quantitative estimate of drug-likeness (QED) is 0.900. The van der Waals surface area contributed by atoms with Gasteiger partial charge in [0, 0.05) is 49.9 Å². The van der Waals surface area contributed by atoms with Gasteiger partial charge in [-0.2, -0.15) is 0 Å². The fourth-order valence-electron chi connectivity index (χ4n) is 3.17. The number of nitrogens with zero attached hydrogens (tertiary/aromatic N) is 2. The molecule has 0 aliphatic carbocycles. The zero-order valence-electron chi connectivity index (χ0n) is 13.7. The van der Waals surface area contributed by atoms with Gasteiger partial charge in [-0.1, -0.05) is 18.2 Å². The van der Waals surface area contributed by atoms with E-state index in [0.717, 1.165) is 38.3 Å². The molecule has 2 rings (SSSR count). The summed E-state index contributed by atoms with van der Waals surface area (Å²) in [5.74, 6) is -0.114. The number of nitrogens with one attached hydrogen (secondary N) is 1. The molecular formula is C17H28FN3. The predicted molar refractivity (Wildman–Crippen MR) is 86.0 cm³/mol. The molecule has 1 N–H and O–H groups in total. The summed E-state index contributed by atoms with van der Waals surface area (Å²) in [4.78, 5) is 4.77. The van der Waals surface area contributed by atoms with Gasteiger partial charge in [-0.25, -0.2) is 4.39 Å². The van der Waals surface area contributed by atoms with Gasteiger partial charge in [-0.05, 0) is 33.9 Å². The van der Waals surface area contributed by atoms with Gasteiger partial charge in [0.25, 0.3) is 0 Å². The standard InChI is InChI=1S/C17H28FN3/c1-14(15-7-5-6-8-16(15)18)20(4)13-17(2,3)21-11-9-19-10-12-21/h5-8,14,19H,9-13H2,1-4H3. The van der Waals surface area contributed by atoms with E-state index < -0.39 is 0 Å². The number of benzene rings is 1. The Morgan fingerprint density at radius 1 is 1.29 bits per heavy atom. The van der Waals surface area contributed by atoms with Crippen molar-refractivity contribution in [2.75, 3.05) is 39.8 Å². The summed E-state index contributed by atoms with van der Waals surface area (Å²) in [5.41, 5.74) is 0.868. The van der Waals surface area contributed by atoms with E-state index in [4.69, 9.17) is 0 Å². The molecule has 0 aromatic heterocycles. The first-order chi connectivity index (χ1) is 9.92. The van der Waals surface area contributed by atoms with Crippen LogP contribution in [0.3, 0.4) is 0 Å². The Morgan fingerprint density at radius 2 is 1.90 bits per heavy atom. The number of halogens is 1. The maximum atomic E-state index is 13.9. The van der Waals surface area contributed by atoms with Crippen LogP contribution in [0.4, 0.5) is 4.39 Å². The molecule has 0 amide bonds. The molecule has 0 spiro atoms. The van der Waals surface area contributed by atoms with E-state index in [9.17, 15) is 4.39 Å². The Balaban J connectivity index is 2.02. The van der Waals surface area contributed by atoms with Gasteiger partial charge in [0.05, 0.1) is 0 Å². The van der Waals surface area contributed by atoms with Crippen LogP contribution in [-0.4, -0.2) is 55.1 Å². The molecule has 0 saturated carbocycles. The lowest BCUT2D eigenvalue weighted by Gasteiger charge is -2.44. The molecule has 1 fully saturated rings. The maximum absolute atomic E-state index is 13.9. The van der Waals surface area contributed by atoms with Gasteiger partial charge in [-0.15, -0.1) is 0 Å². The van der Waals surface area contributed by atoms with Crippen molar-refractivity contribution in [2.45, 2.75) is 32.4 Å². The van der Waals surface area contributed by atoms with Crippen molar-refractivity contribution in [2.24, 2.45) is 0 Å². The molecule has 1 unspecified atom stereocenters. The van der Waals surface area contributed by atoms with E-state index >= 15 is 0 Å². The fraction of sp³-hybridized carbons (Fsp3) is 0.647. The Hall–Kier alpha value is -0.970. The molecule has 0 bridgehead atoms. The second-order valence-electron chi connectivity index (χ2n) is 6.66. The third-order valence-corrected chi connectivity index (χ3v) is 4.63. The predicted octanol–water partition coefficient (Wildman–Crippen LogP) is 2.50. The van der Waals surface area contributed by atoms with E-state index in [2.05, 4.69) is 42.9 Å². The van der Waals surface area contributed by atoms with Gasteiger partial charge >= 0.3 is 0 Å². The molecule has 1 atom stereocenters. The molecule has 1 saturated heterocycles. The largest absolute Gasteiger partial charge is 0.314 e. The lowest BCUT2D eigenvalue weighted by Crippen LogP contribution is -2.57. The third-order valence-electron chi connectivity index (χ3n) is 4.63. The van der Waals surface area contributed by atoms with Crippen LogP contribution in [0, 0.1) is 5.82 Å². The SMILES string of the molecule is CC(c1ccccc1F)N(C)CC(C)(C)N1CCNCC1. The van der Waals surface area contributed by atoms with E-state index in [-0.39, 0.29) is 17.4 Å². The van der Waals surface area contributed by atoms with Crippen molar-refractivity contribution in [3.8, 4) is 0 Å². The number of hydrogen-bond donors (Lipinski definition) is 1. The number of rotatable bonds is 5. The molecule has 1 aromatic carbocycles. The normalized spacial score (nSPS) is 19.0. The van der Waals surface area contributed by atoms with Gasteiger partial charge in [0.1, 0.15) is 5.82 Å². The lowest BCUT2D eigenvalue weighted by atomic mass is 9.98. The highest BCUT2D eigenvalue weighted by atomic mass is 19.1. The molecular weight excluding hydrogens is 265 g/mol.